The molecular weight excluding hydrogens is 336 g/mol. The summed E-state index contributed by atoms with van der Waals surface area (Å²) in [7, 11) is 0. The van der Waals surface area contributed by atoms with Gasteiger partial charge in [0, 0.05) is 21.9 Å². The van der Waals surface area contributed by atoms with Gasteiger partial charge in [-0.25, -0.2) is 4.98 Å². The predicted molar refractivity (Wildman–Crippen MR) is 79.6 cm³/mol. The van der Waals surface area contributed by atoms with Crippen LogP contribution in [-0.4, -0.2) is 21.1 Å². The van der Waals surface area contributed by atoms with Gasteiger partial charge in [0.25, 0.3) is 5.91 Å². The van der Waals surface area contributed by atoms with Crippen LogP contribution in [0.5, 0.6) is 0 Å². The largest absolute Gasteiger partial charge is 0.423 e. The molecule has 7 heteroatoms. The standard InChI is InChI=1S/C14H9BrN4O2/c15-10-4-5-12(16-7-10)13(20)18-11-3-1-2-9(6-11)14-19-17-8-21-14/h1-8H,(H,18,20). The fourth-order valence-corrected chi connectivity index (χ4v) is 1.97. The molecular formula is C14H9BrN4O2. The van der Waals surface area contributed by atoms with Crippen molar-refractivity contribution >= 4 is 27.5 Å². The lowest BCUT2D eigenvalue weighted by molar-refractivity contribution is 0.102. The summed E-state index contributed by atoms with van der Waals surface area (Å²) in [5.41, 5.74) is 1.69. The minimum atomic E-state index is -0.287. The smallest absolute Gasteiger partial charge is 0.274 e. The summed E-state index contributed by atoms with van der Waals surface area (Å²) >= 11 is 3.28. The lowest BCUT2D eigenvalue weighted by Crippen LogP contribution is -2.13. The number of pyridine rings is 1. The van der Waals surface area contributed by atoms with E-state index in [0.717, 1.165) is 10.0 Å². The van der Waals surface area contributed by atoms with Crippen molar-refractivity contribution in [3.8, 4) is 11.5 Å². The van der Waals surface area contributed by atoms with Crippen molar-refractivity contribution in [2.75, 3.05) is 5.32 Å². The highest BCUT2D eigenvalue weighted by molar-refractivity contribution is 9.10. The van der Waals surface area contributed by atoms with Crippen molar-refractivity contribution in [2.45, 2.75) is 0 Å². The molecule has 104 valence electrons. The summed E-state index contributed by atoms with van der Waals surface area (Å²) in [6.07, 6.45) is 2.83. The maximum absolute atomic E-state index is 12.1. The number of hydrogen-bond acceptors (Lipinski definition) is 5. The highest BCUT2D eigenvalue weighted by Crippen LogP contribution is 2.20. The molecule has 0 atom stereocenters. The third-order valence-electron chi connectivity index (χ3n) is 2.69. The first-order chi connectivity index (χ1) is 10.2. The number of hydrogen-bond donors (Lipinski definition) is 1. The van der Waals surface area contributed by atoms with Crippen LogP contribution in [0.25, 0.3) is 11.5 Å². The summed E-state index contributed by atoms with van der Waals surface area (Å²) in [6.45, 7) is 0. The second-order valence-electron chi connectivity index (χ2n) is 4.14. The molecule has 3 rings (SSSR count). The van der Waals surface area contributed by atoms with E-state index in [2.05, 4.69) is 36.4 Å². The normalized spacial score (nSPS) is 10.3. The zero-order valence-electron chi connectivity index (χ0n) is 10.7. The first-order valence-corrected chi connectivity index (χ1v) is 6.81. The van der Waals surface area contributed by atoms with Gasteiger partial charge in [-0.05, 0) is 46.3 Å². The fraction of sp³-hybridized carbons (Fsp3) is 0. The maximum atomic E-state index is 12.1. The molecule has 0 aliphatic heterocycles. The van der Waals surface area contributed by atoms with Crippen LogP contribution < -0.4 is 5.32 Å². The molecule has 21 heavy (non-hydrogen) atoms. The van der Waals surface area contributed by atoms with E-state index in [1.807, 2.05) is 6.07 Å². The van der Waals surface area contributed by atoms with Gasteiger partial charge in [-0.2, -0.15) is 0 Å². The zero-order chi connectivity index (χ0) is 14.7. The lowest BCUT2D eigenvalue weighted by Gasteiger charge is -2.05. The topological polar surface area (TPSA) is 80.9 Å². The molecule has 0 aliphatic carbocycles. The van der Waals surface area contributed by atoms with Gasteiger partial charge in [0.15, 0.2) is 0 Å². The Labute approximate surface area is 128 Å². The van der Waals surface area contributed by atoms with Crippen LogP contribution in [0.2, 0.25) is 0 Å². The number of nitrogens with zero attached hydrogens (tertiary/aromatic N) is 3. The van der Waals surface area contributed by atoms with Crippen LogP contribution >= 0.6 is 15.9 Å². The second kappa shape index (κ2) is 5.84. The van der Waals surface area contributed by atoms with Gasteiger partial charge < -0.3 is 9.73 Å². The average molecular weight is 345 g/mol. The number of halogens is 1. The van der Waals surface area contributed by atoms with E-state index in [4.69, 9.17) is 4.42 Å². The molecule has 2 heterocycles. The number of benzene rings is 1. The molecule has 0 unspecified atom stereocenters. The van der Waals surface area contributed by atoms with Gasteiger partial charge in [-0.3, -0.25) is 4.79 Å². The number of nitrogens with one attached hydrogen (secondary N) is 1. The summed E-state index contributed by atoms with van der Waals surface area (Å²) in [4.78, 5) is 16.1. The Morgan fingerprint density at radius 3 is 2.86 bits per heavy atom. The summed E-state index contributed by atoms with van der Waals surface area (Å²) in [5, 5.41) is 10.2. The van der Waals surface area contributed by atoms with Crippen LogP contribution in [0.1, 0.15) is 10.5 Å². The van der Waals surface area contributed by atoms with Crippen molar-refractivity contribution in [1.82, 2.24) is 15.2 Å². The van der Waals surface area contributed by atoms with Crippen molar-refractivity contribution in [1.29, 1.82) is 0 Å². The zero-order valence-corrected chi connectivity index (χ0v) is 12.2. The number of carbonyl (C=O) groups is 1. The molecule has 1 amide bonds. The van der Waals surface area contributed by atoms with Gasteiger partial charge >= 0.3 is 0 Å². The van der Waals surface area contributed by atoms with E-state index >= 15 is 0 Å². The number of carbonyl (C=O) groups excluding carboxylic acids is 1. The van der Waals surface area contributed by atoms with Crippen LogP contribution in [0.15, 0.2) is 57.9 Å². The first kappa shape index (κ1) is 13.4. The van der Waals surface area contributed by atoms with Crippen LogP contribution in [0.4, 0.5) is 5.69 Å². The van der Waals surface area contributed by atoms with Gasteiger partial charge in [0.05, 0.1) is 0 Å². The predicted octanol–water partition coefficient (Wildman–Crippen LogP) is 3.15. The Kier molecular flexibility index (Phi) is 3.74. The van der Waals surface area contributed by atoms with Crippen LogP contribution in [-0.2, 0) is 0 Å². The van der Waals surface area contributed by atoms with Crippen LogP contribution in [0.3, 0.4) is 0 Å². The Morgan fingerprint density at radius 1 is 1.24 bits per heavy atom. The second-order valence-corrected chi connectivity index (χ2v) is 5.06. The van der Waals surface area contributed by atoms with Crippen molar-refractivity contribution < 1.29 is 9.21 Å². The molecule has 0 saturated carbocycles. The maximum Gasteiger partial charge on any atom is 0.274 e. The highest BCUT2D eigenvalue weighted by atomic mass is 79.9. The fourth-order valence-electron chi connectivity index (χ4n) is 1.73. The monoisotopic (exact) mass is 344 g/mol. The van der Waals surface area contributed by atoms with Gasteiger partial charge in [-0.1, -0.05) is 6.07 Å². The van der Waals surface area contributed by atoms with Crippen molar-refractivity contribution in [3.63, 3.8) is 0 Å². The molecule has 3 aromatic rings. The third-order valence-corrected chi connectivity index (χ3v) is 3.16. The van der Waals surface area contributed by atoms with Crippen molar-refractivity contribution in [3.05, 3.63) is 59.2 Å². The molecule has 2 aromatic heterocycles. The molecule has 6 nitrogen and oxygen atoms in total. The molecule has 1 N–H and O–H groups in total. The number of rotatable bonds is 3. The third kappa shape index (κ3) is 3.14. The number of amides is 1. The first-order valence-electron chi connectivity index (χ1n) is 6.02. The Bertz CT molecular complexity index is 757. The summed E-state index contributed by atoms with van der Waals surface area (Å²) < 4.78 is 5.94. The number of anilines is 1. The summed E-state index contributed by atoms with van der Waals surface area (Å²) in [6, 6.07) is 10.5. The number of aromatic nitrogens is 3. The minimum absolute atomic E-state index is 0.287. The van der Waals surface area contributed by atoms with Crippen LogP contribution in [0, 0.1) is 0 Å². The van der Waals surface area contributed by atoms with Crippen molar-refractivity contribution in [2.24, 2.45) is 0 Å². The molecule has 0 spiro atoms. The summed E-state index contributed by atoms with van der Waals surface area (Å²) in [5.74, 6) is 0.109. The van der Waals surface area contributed by atoms with E-state index in [-0.39, 0.29) is 5.91 Å². The van der Waals surface area contributed by atoms with E-state index in [9.17, 15) is 4.79 Å². The quantitative estimate of drug-likeness (QED) is 0.789. The van der Waals surface area contributed by atoms with Gasteiger partial charge in [0.1, 0.15) is 5.69 Å². The SMILES string of the molecule is O=C(Nc1cccc(-c2nnco2)c1)c1ccc(Br)cn1. The van der Waals surface area contributed by atoms with Gasteiger partial charge in [-0.15, -0.1) is 10.2 Å². The molecule has 0 radical (unpaired) electrons. The molecule has 0 aliphatic rings. The minimum Gasteiger partial charge on any atom is -0.423 e. The lowest BCUT2D eigenvalue weighted by atomic mass is 10.2. The molecule has 0 bridgehead atoms. The van der Waals surface area contributed by atoms with E-state index < -0.39 is 0 Å². The van der Waals surface area contributed by atoms with E-state index in [1.54, 1.807) is 36.5 Å². The average Bonchev–Trinajstić information content (AvgIpc) is 3.02. The Balaban J connectivity index is 1.80. The highest BCUT2D eigenvalue weighted by Gasteiger charge is 2.09. The van der Waals surface area contributed by atoms with E-state index in [1.165, 1.54) is 6.39 Å². The Hall–Kier alpha value is -2.54. The molecule has 0 fully saturated rings. The van der Waals surface area contributed by atoms with Gasteiger partial charge in [0.2, 0.25) is 12.3 Å². The molecule has 0 saturated heterocycles. The Morgan fingerprint density at radius 2 is 2.14 bits per heavy atom. The van der Waals surface area contributed by atoms with E-state index in [0.29, 0.717) is 17.3 Å². The molecule has 1 aromatic carbocycles.